The molecule has 0 saturated heterocycles. The van der Waals surface area contributed by atoms with Crippen molar-refractivity contribution in [3.05, 3.63) is 65.5 Å². The first-order valence-corrected chi connectivity index (χ1v) is 7.66. The minimum atomic E-state index is -0.233. The fourth-order valence-corrected chi connectivity index (χ4v) is 2.25. The van der Waals surface area contributed by atoms with Gasteiger partial charge in [0.1, 0.15) is 0 Å². The molecule has 1 heterocycles. The van der Waals surface area contributed by atoms with Crippen LogP contribution in [0.5, 0.6) is 0 Å². The molecule has 0 fully saturated rings. The smallest absolute Gasteiger partial charge is 0.246 e. The largest absolute Gasteiger partial charge is 0.333 e. The molecule has 1 aromatic heterocycles. The van der Waals surface area contributed by atoms with Crippen LogP contribution in [0, 0.1) is 13.8 Å². The van der Waals surface area contributed by atoms with Crippen molar-refractivity contribution in [3.63, 3.8) is 0 Å². The van der Waals surface area contributed by atoms with Crippen LogP contribution in [-0.2, 0) is 9.59 Å². The van der Waals surface area contributed by atoms with Crippen molar-refractivity contribution in [2.45, 2.75) is 13.8 Å². The molecule has 1 N–H and O–H groups in total. The second-order valence-corrected chi connectivity index (χ2v) is 5.62. The van der Waals surface area contributed by atoms with Crippen LogP contribution in [0.1, 0.15) is 16.7 Å². The molecule has 0 aliphatic heterocycles. The van der Waals surface area contributed by atoms with Gasteiger partial charge in [-0.1, -0.05) is 18.2 Å². The summed E-state index contributed by atoms with van der Waals surface area (Å²) in [4.78, 5) is 29.5. The molecule has 0 aliphatic carbocycles. The maximum absolute atomic E-state index is 12.2. The molecule has 0 aliphatic rings. The number of rotatable bonds is 5. The summed E-state index contributed by atoms with van der Waals surface area (Å²) in [5.74, 6) is -0.455. The quantitative estimate of drug-likeness (QED) is 0.861. The van der Waals surface area contributed by atoms with Gasteiger partial charge in [-0.15, -0.1) is 0 Å². The van der Waals surface area contributed by atoms with E-state index < -0.39 is 0 Å². The molecule has 0 spiro atoms. The summed E-state index contributed by atoms with van der Waals surface area (Å²) in [6, 6.07) is 9.43. The number of amides is 2. The molecule has 2 amide bonds. The van der Waals surface area contributed by atoms with Crippen LogP contribution >= 0.6 is 0 Å². The summed E-state index contributed by atoms with van der Waals surface area (Å²) in [6.07, 6.45) is 6.46. The third kappa shape index (κ3) is 4.78. The lowest BCUT2D eigenvalue weighted by Gasteiger charge is -2.16. The molecule has 24 heavy (non-hydrogen) atoms. The lowest BCUT2D eigenvalue weighted by Crippen LogP contribution is -2.34. The zero-order chi connectivity index (χ0) is 17.5. The number of carbonyl (C=O) groups is 2. The maximum Gasteiger partial charge on any atom is 0.246 e. The third-order valence-electron chi connectivity index (χ3n) is 3.63. The van der Waals surface area contributed by atoms with Crippen molar-refractivity contribution in [3.8, 4) is 0 Å². The van der Waals surface area contributed by atoms with Gasteiger partial charge in [0, 0.05) is 31.2 Å². The van der Waals surface area contributed by atoms with Gasteiger partial charge in [-0.3, -0.25) is 14.6 Å². The lowest BCUT2D eigenvalue weighted by atomic mass is 10.1. The first-order chi connectivity index (χ1) is 11.5. The van der Waals surface area contributed by atoms with Crippen molar-refractivity contribution in [1.82, 2.24) is 9.88 Å². The number of hydrogen-bond acceptors (Lipinski definition) is 3. The minimum Gasteiger partial charge on any atom is -0.333 e. The average Bonchev–Trinajstić information content (AvgIpc) is 2.57. The summed E-state index contributed by atoms with van der Waals surface area (Å²) < 4.78 is 0. The zero-order valence-corrected chi connectivity index (χ0v) is 14.1. The Hall–Kier alpha value is -2.95. The zero-order valence-electron chi connectivity index (χ0n) is 14.1. The number of carbonyl (C=O) groups excluding carboxylic acids is 2. The number of nitrogens with one attached hydrogen (secondary N) is 1. The van der Waals surface area contributed by atoms with Gasteiger partial charge in [-0.25, -0.2) is 0 Å². The molecule has 5 heteroatoms. The number of pyridine rings is 1. The SMILES string of the molecule is Cc1cccc(C)c1NC(=O)CN(C)C(=O)/C=C/c1ccncc1. The van der Waals surface area contributed by atoms with Gasteiger partial charge in [-0.2, -0.15) is 0 Å². The van der Waals surface area contributed by atoms with Gasteiger partial charge in [-0.05, 0) is 48.7 Å². The molecule has 0 bridgehead atoms. The van der Waals surface area contributed by atoms with E-state index >= 15 is 0 Å². The van der Waals surface area contributed by atoms with Crippen LogP contribution < -0.4 is 5.32 Å². The number of aryl methyl sites for hydroxylation is 2. The Morgan fingerprint density at radius 1 is 1.12 bits per heavy atom. The lowest BCUT2D eigenvalue weighted by molar-refractivity contribution is -0.129. The van der Waals surface area contributed by atoms with Crippen molar-refractivity contribution >= 4 is 23.6 Å². The number of para-hydroxylation sites is 1. The summed E-state index contributed by atoms with van der Waals surface area (Å²) in [5.41, 5.74) is 3.67. The van der Waals surface area contributed by atoms with Crippen LogP contribution in [0.2, 0.25) is 0 Å². The van der Waals surface area contributed by atoms with E-state index in [2.05, 4.69) is 10.3 Å². The molecule has 0 unspecified atom stereocenters. The van der Waals surface area contributed by atoms with Crippen LogP contribution in [0.15, 0.2) is 48.8 Å². The molecule has 0 saturated carbocycles. The van der Waals surface area contributed by atoms with E-state index in [0.717, 1.165) is 22.4 Å². The van der Waals surface area contributed by atoms with E-state index in [1.807, 2.05) is 32.0 Å². The molecule has 124 valence electrons. The highest BCUT2D eigenvalue weighted by atomic mass is 16.2. The Kier molecular flexibility index (Phi) is 5.84. The molecular weight excluding hydrogens is 302 g/mol. The summed E-state index contributed by atoms with van der Waals surface area (Å²) >= 11 is 0. The van der Waals surface area contributed by atoms with Crippen LogP contribution in [-0.4, -0.2) is 35.3 Å². The van der Waals surface area contributed by atoms with Crippen molar-refractivity contribution < 1.29 is 9.59 Å². The molecule has 2 rings (SSSR count). The van der Waals surface area contributed by atoms with E-state index in [4.69, 9.17) is 0 Å². The van der Waals surface area contributed by atoms with E-state index in [-0.39, 0.29) is 18.4 Å². The van der Waals surface area contributed by atoms with Gasteiger partial charge in [0.05, 0.1) is 6.54 Å². The van der Waals surface area contributed by atoms with Gasteiger partial charge in [0.15, 0.2) is 0 Å². The Bertz CT molecular complexity index is 734. The van der Waals surface area contributed by atoms with E-state index in [9.17, 15) is 9.59 Å². The molecule has 0 atom stereocenters. The average molecular weight is 323 g/mol. The Morgan fingerprint density at radius 2 is 1.75 bits per heavy atom. The van der Waals surface area contributed by atoms with Crippen molar-refractivity contribution in [2.75, 3.05) is 18.9 Å². The second-order valence-electron chi connectivity index (χ2n) is 5.62. The predicted molar refractivity (Wildman–Crippen MR) is 95.5 cm³/mol. The molecule has 1 aromatic carbocycles. The normalized spacial score (nSPS) is 10.6. The number of anilines is 1. The van der Waals surface area contributed by atoms with Crippen LogP contribution in [0.25, 0.3) is 6.08 Å². The van der Waals surface area contributed by atoms with Crippen LogP contribution in [0.3, 0.4) is 0 Å². The first kappa shape index (κ1) is 17.4. The van der Waals surface area contributed by atoms with Gasteiger partial charge in [0.25, 0.3) is 0 Å². The fourth-order valence-electron chi connectivity index (χ4n) is 2.25. The van der Waals surface area contributed by atoms with Gasteiger partial charge in [0.2, 0.25) is 11.8 Å². The number of benzene rings is 1. The Morgan fingerprint density at radius 3 is 2.38 bits per heavy atom. The van der Waals surface area contributed by atoms with Gasteiger partial charge < -0.3 is 10.2 Å². The topological polar surface area (TPSA) is 62.3 Å². The maximum atomic E-state index is 12.2. The number of nitrogens with zero attached hydrogens (tertiary/aromatic N) is 2. The Balaban J connectivity index is 1.93. The van der Waals surface area contributed by atoms with Crippen LogP contribution in [0.4, 0.5) is 5.69 Å². The highest BCUT2D eigenvalue weighted by Crippen LogP contribution is 2.19. The number of likely N-dealkylation sites (N-methyl/N-ethyl adjacent to an activating group) is 1. The van der Waals surface area contributed by atoms with E-state index in [1.165, 1.54) is 11.0 Å². The second kappa shape index (κ2) is 8.06. The molecular formula is C19H21N3O2. The summed E-state index contributed by atoms with van der Waals surface area (Å²) in [5, 5.41) is 2.87. The molecule has 0 radical (unpaired) electrons. The Labute approximate surface area is 142 Å². The fraction of sp³-hybridized carbons (Fsp3) is 0.211. The molecule has 5 nitrogen and oxygen atoms in total. The van der Waals surface area contributed by atoms with Gasteiger partial charge >= 0.3 is 0 Å². The highest BCUT2D eigenvalue weighted by molar-refractivity contribution is 5.98. The summed E-state index contributed by atoms with van der Waals surface area (Å²) in [7, 11) is 1.60. The van der Waals surface area contributed by atoms with Crippen molar-refractivity contribution in [2.24, 2.45) is 0 Å². The number of aromatic nitrogens is 1. The monoisotopic (exact) mass is 323 g/mol. The minimum absolute atomic E-state index is 0.00665. The highest BCUT2D eigenvalue weighted by Gasteiger charge is 2.12. The number of hydrogen-bond donors (Lipinski definition) is 1. The predicted octanol–water partition coefficient (Wildman–Crippen LogP) is 2.81. The van der Waals surface area contributed by atoms with E-state index in [0.29, 0.717) is 0 Å². The summed E-state index contributed by atoms with van der Waals surface area (Å²) in [6.45, 7) is 3.87. The van der Waals surface area contributed by atoms with Crippen molar-refractivity contribution in [1.29, 1.82) is 0 Å². The third-order valence-corrected chi connectivity index (χ3v) is 3.63. The first-order valence-electron chi connectivity index (χ1n) is 7.66. The van der Waals surface area contributed by atoms with E-state index in [1.54, 1.807) is 37.7 Å². The standard InChI is InChI=1S/C19H21N3O2/c1-14-5-4-6-15(2)19(14)21-17(23)13-22(3)18(24)8-7-16-9-11-20-12-10-16/h4-12H,13H2,1-3H3,(H,21,23)/b8-7+. The molecule has 2 aromatic rings.